The van der Waals surface area contributed by atoms with Gasteiger partial charge in [-0.3, -0.25) is 4.79 Å². The maximum Gasteiger partial charge on any atom is 0.252 e. The molecular weight excluding hydrogens is 246 g/mol. The Labute approximate surface area is 104 Å². The number of hydrogen-bond acceptors (Lipinski definition) is 4. The maximum absolute atomic E-state index is 11.6. The molecule has 0 aromatic carbocycles. The van der Waals surface area contributed by atoms with Crippen LogP contribution in [0.15, 0.2) is 12.3 Å². The lowest BCUT2D eigenvalue weighted by molar-refractivity contribution is 0.0956. The van der Waals surface area contributed by atoms with Gasteiger partial charge in [-0.25, -0.2) is 4.98 Å². The van der Waals surface area contributed by atoms with E-state index < -0.39 is 0 Å². The third-order valence-electron chi connectivity index (χ3n) is 1.93. The van der Waals surface area contributed by atoms with Gasteiger partial charge in [0, 0.05) is 25.5 Å². The molecule has 0 saturated carbocycles. The molecule has 1 aromatic heterocycles. The average molecular weight is 260 g/mol. The lowest BCUT2D eigenvalue weighted by Crippen LogP contribution is -2.25. The first kappa shape index (κ1) is 13.1. The molecule has 1 heterocycles. The summed E-state index contributed by atoms with van der Waals surface area (Å²) in [4.78, 5) is 15.7. The van der Waals surface area contributed by atoms with E-state index in [4.69, 9.17) is 11.6 Å². The van der Waals surface area contributed by atoms with E-state index in [1.165, 1.54) is 6.20 Å². The van der Waals surface area contributed by atoms with Crippen molar-refractivity contribution in [1.29, 1.82) is 0 Å². The van der Waals surface area contributed by atoms with Crippen LogP contribution in [0.1, 0.15) is 10.4 Å². The monoisotopic (exact) mass is 259 g/mol. The molecular formula is C10H14ClN3OS. The number of carbonyl (C=O) groups is 1. The van der Waals surface area contributed by atoms with Crippen molar-refractivity contribution in [2.24, 2.45) is 0 Å². The first-order valence-corrected chi connectivity index (χ1v) is 6.56. The van der Waals surface area contributed by atoms with Crippen LogP contribution >= 0.6 is 23.4 Å². The van der Waals surface area contributed by atoms with Crippen molar-refractivity contribution in [3.05, 3.63) is 22.8 Å². The average Bonchev–Trinajstić information content (AvgIpc) is 2.29. The summed E-state index contributed by atoms with van der Waals surface area (Å²) in [5.41, 5.74) is 0.477. The number of aromatic nitrogens is 1. The zero-order chi connectivity index (χ0) is 12.0. The second-order valence-corrected chi connectivity index (χ2v) is 4.45. The fraction of sp³-hybridized carbons (Fsp3) is 0.400. The highest BCUT2D eigenvalue weighted by Crippen LogP contribution is 2.19. The van der Waals surface area contributed by atoms with Gasteiger partial charge in [0.05, 0.1) is 10.6 Å². The molecule has 0 spiro atoms. The fourth-order valence-electron chi connectivity index (χ4n) is 1.11. The second-order valence-electron chi connectivity index (χ2n) is 3.05. The summed E-state index contributed by atoms with van der Waals surface area (Å²) in [5, 5.41) is 6.07. The minimum absolute atomic E-state index is 0.147. The number of hydrogen-bond donors (Lipinski definition) is 2. The van der Waals surface area contributed by atoms with Gasteiger partial charge in [-0.15, -0.1) is 0 Å². The zero-order valence-corrected chi connectivity index (χ0v) is 10.8. The summed E-state index contributed by atoms with van der Waals surface area (Å²) in [6, 6.07) is 1.61. The molecule has 0 aliphatic carbocycles. The van der Waals surface area contributed by atoms with Crippen molar-refractivity contribution in [3.63, 3.8) is 0 Å². The minimum atomic E-state index is -0.147. The van der Waals surface area contributed by atoms with Gasteiger partial charge in [-0.05, 0) is 12.3 Å². The normalized spacial score (nSPS) is 9.94. The number of thioether (sulfide) groups is 1. The smallest absolute Gasteiger partial charge is 0.252 e. The number of amides is 1. The quantitative estimate of drug-likeness (QED) is 0.793. The van der Waals surface area contributed by atoms with Gasteiger partial charge in [-0.2, -0.15) is 11.8 Å². The molecule has 1 rings (SSSR count). The van der Waals surface area contributed by atoms with Crippen LogP contribution in [0.25, 0.3) is 0 Å². The molecule has 16 heavy (non-hydrogen) atoms. The molecule has 0 atom stereocenters. The predicted octanol–water partition coefficient (Wildman–Crippen LogP) is 1.87. The van der Waals surface area contributed by atoms with Gasteiger partial charge in [0.15, 0.2) is 0 Å². The Balaban J connectivity index is 2.66. The molecule has 0 aliphatic heterocycles. The summed E-state index contributed by atoms with van der Waals surface area (Å²) in [6.45, 7) is 0.644. The Morgan fingerprint density at radius 3 is 2.94 bits per heavy atom. The minimum Gasteiger partial charge on any atom is -0.372 e. The van der Waals surface area contributed by atoms with Gasteiger partial charge < -0.3 is 10.6 Å². The first-order chi connectivity index (χ1) is 7.69. The summed E-state index contributed by atoms with van der Waals surface area (Å²) in [5.74, 6) is 1.31. The van der Waals surface area contributed by atoms with E-state index in [1.54, 1.807) is 24.9 Å². The van der Waals surface area contributed by atoms with Crippen LogP contribution in [-0.2, 0) is 0 Å². The highest BCUT2D eigenvalue weighted by molar-refractivity contribution is 7.98. The molecule has 0 radical (unpaired) electrons. The molecule has 1 amide bonds. The number of pyridine rings is 1. The predicted molar refractivity (Wildman–Crippen MR) is 69.5 cm³/mol. The third-order valence-corrected chi connectivity index (χ3v) is 2.83. The molecule has 0 saturated heterocycles. The van der Waals surface area contributed by atoms with E-state index in [2.05, 4.69) is 15.6 Å². The molecule has 6 heteroatoms. The number of carbonyl (C=O) groups excluding carboxylic acids is 1. The number of anilines is 1. The molecule has 0 bridgehead atoms. The molecule has 4 nitrogen and oxygen atoms in total. The number of nitrogens with zero attached hydrogens (tertiary/aromatic N) is 1. The second kappa shape index (κ2) is 6.60. The SMILES string of the molecule is CNc1ncc(C(=O)NCCSC)cc1Cl. The van der Waals surface area contributed by atoms with Crippen LogP contribution in [0.3, 0.4) is 0 Å². The van der Waals surface area contributed by atoms with Gasteiger partial charge in [0.1, 0.15) is 5.82 Å². The van der Waals surface area contributed by atoms with Crippen LogP contribution < -0.4 is 10.6 Å². The summed E-state index contributed by atoms with van der Waals surface area (Å²) in [6.07, 6.45) is 3.50. The van der Waals surface area contributed by atoms with Gasteiger partial charge in [0.2, 0.25) is 0 Å². The third kappa shape index (κ3) is 3.57. The highest BCUT2D eigenvalue weighted by Gasteiger charge is 2.08. The lowest BCUT2D eigenvalue weighted by Gasteiger charge is -2.06. The Hall–Kier alpha value is -0.940. The standard InChI is InChI=1S/C10H14ClN3OS/c1-12-9-8(11)5-7(6-14-9)10(15)13-3-4-16-2/h5-6H,3-4H2,1-2H3,(H,12,14)(H,13,15). The van der Waals surface area contributed by atoms with Gasteiger partial charge >= 0.3 is 0 Å². The van der Waals surface area contributed by atoms with E-state index >= 15 is 0 Å². The van der Waals surface area contributed by atoms with Crippen LogP contribution in [0, 0.1) is 0 Å². The Bertz CT molecular complexity index is 373. The molecule has 0 unspecified atom stereocenters. The molecule has 0 aliphatic rings. The van der Waals surface area contributed by atoms with E-state index in [1.807, 2.05) is 6.26 Å². The van der Waals surface area contributed by atoms with Crippen LogP contribution in [0.2, 0.25) is 5.02 Å². The van der Waals surface area contributed by atoms with Crippen LogP contribution in [0.4, 0.5) is 5.82 Å². The van der Waals surface area contributed by atoms with Gasteiger partial charge in [-0.1, -0.05) is 11.6 Å². The van der Waals surface area contributed by atoms with Crippen molar-refractivity contribution in [3.8, 4) is 0 Å². The fourth-order valence-corrected chi connectivity index (χ4v) is 1.68. The van der Waals surface area contributed by atoms with Crippen molar-refractivity contribution in [1.82, 2.24) is 10.3 Å². The van der Waals surface area contributed by atoms with Crippen molar-refractivity contribution < 1.29 is 4.79 Å². The number of nitrogens with one attached hydrogen (secondary N) is 2. The largest absolute Gasteiger partial charge is 0.372 e. The maximum atomic E-state index is 11.6. The van der Waals surface area contributed by atoms with E-state index in [9.17, 15) is 4.79 Å². The molecule has 1 aromatic rings. The Kier molecular flexibility index (Phi) is 5.42. The van der Waals surface area contributed by atoms with Crippen molar-refractivity contribution >= 4 is 35.1 Å². The van der Waals surface area contributed by atoms with E-state index in [0.29, 0.717) is 22.9 Å². The Morgan fingerprint density at radius 1 is 1.62 bits per heavy atom. The van der Waals surface area contributed by atoms with E-state index in [0.717, 1.165) is 5.75 Å². The highest BCUT2D eigenvalue weighted by atomic mass is 35.5. The summed E-state index contributed by atoms with van der Waals surface area (Å²) < 4.78 is 0. The molecule has 2 N–H and O–H groups in total. The summed E-state index contributed by atoms with van der Waals surface area (Å²) in [7, 11) is 1.73. The molecule has 0 fully saturated rings. The van der Waals surface area contributed by atoms with Gasteiger partial charge in [0.25, 0.3) is 5.91 Å². The lowest BCUT2D eigenvalue weighted by atomic mass is 10.2. The molecule has 88 valence electrons. The number of rotatable bonds is 5. The summed E-state index contributed by atoms with van der Waals surface area (Å²) >= 11 is 7.61. The van der Waals surface area contributed by atoms with Crippen LogP contribution in [-0.4, -0.2) is 36.5 Å². The van der Waals surface area contributed by atoms with E-state index in [-0.39, 0.29) is 5.91 Å². The van der Waals surface area contributed by atoms with Crippen LogP contribution in [0.5, 0.6) is 0 Å². The Morgan fingerprint density at radius 2 is 2.38 bits per heavy atom. The number of halogens is 1. The zero-order valence-electron chi connectivity index (χ0n) is 9.21. The topological polar surface area (TPSA) is 54.0 Å². The van der Waals surface area contributed by atoms with Crippen molar-refractivity contribution in [2.75, 3.05) is 30.9 Å². The van der Waals surface area contributed by atoms with Crippen molar-refractivity contribution in [2.45, 2.75) is 0 Å². The first-order valence-electron chi connectivity index (χ1n) is 4.79.